The Labute approximate surface area is 329 Å². The molecule has 0 bridgehead atoms. The number of benzene rings is 9. The normalized spacial score (nSPS) is 11.5. The second-order valence-electron chi connectivity index (χ2n) is 14.4. The predicted molar refractivity (Wildman–Crippen MR) is 235 cm³/mol. The van der Waals surface area contributed by atoms with E-state index >= 15 is 0 Å². The molecule has 0 aliphatic carbocycles. The van der Waals surface area contributed by atoms with Crippen LogP contribution in [0.1, 0.15) is 0 Å². The van der Waals surface area contributed by atoms with Gasteiger partial charge in [0.05, 0.1) is 0 Å². The molecule has 9 aromatic carbocycles. The summed E-state index contributed by atoms with van der Waals surface area (Å²) in [6.45, 7) is 0. The van der Waals surface area contributed by atoms with E-state index < -0.39 is 0 Å². The van der Waals surface area contributed by atoms with Crippen LogP contribution >= 0.6 is 0 Å². The van der Waals surface area contributed by atoms with Gasteiger partial charge >= 0.3 is 0 Å². The van der Waals surface area contributed by atoms with E-state index in [1.54, 1.807) is 0 Å². The molecule has 0 aliphatic rings. The van der Waals surface area contributed by atoms with Gasteiger partial charge in [0.2, 0.25) is 0 Å². The highest BCUT2D eigenvalue weighted by atomic mass is 16.3. The molecule has 0 aliphatic heterocycles. The van der Waals surface area contributed by atoms with Crippen LogP contribution in [-0.4, -0.2) is 15.0 Å². The first-order valence-corrected chi connectivity index (χ1v) is 19.2. The lowest BCUT2D eigenvalue weighted by atomic mass is 9.96. The van der Waals surface area contributed by atoms with Gasteiger partial charge in [0, 0.05) is 32.8 Å². The van der Waals surface area contributed by atoms with E-state index in [1.807, 2.05) is 12.1 Å². The maximum atomic E-state index is 6.41. The van der Waals surface area contributed by atoms with E-state index in [1.165, 1.54) is 32.7 Å². The Hall–Kier alpha value is -7.69. The molecule has 4 heteroatoms. The quantitative estimate of drug-likeness (QED) is 0.160. The lowest BCUT2D eigenvalue weighted by Crippen LogP contribution is -2.00. The van der Waals surface area contributed by atoms with E-state index in [2.05, 4.69) is 188 Å². The van der Waals surface area contributed by atoms with Crippen LogP contribution < -0.4 is 0 Å². The summed E-state index contributed by atoms with van der Waals surface area (Å²) in [7, 11) is 0. The summed E-state index contributed by atoms with van der Waals surface area (Å²) in [4.78, 5) is 15.1. The zero-order chi connectivity index (χ0) is 37.7. The molecule has 0 fully saturated rings. The first-order valence-electron chi connectivity index (χ1n) is 19.2. The van der Waals surface area contributed by atoms with E-state index in [4.69, 9.17) is 19.4 Å². The van der Waals surface area contributed by atoms with Gasteiger partial charge in [-0.15, -0.1) is 0 Å². The first-order chi connectivity index (χ1) is 28.2. The third-order valence-corrected chi connectivity index (χ3v) is 11.0. The zero-order valence-electron chi connectivity index (χ0n) is 30.8. The Balaban J connectivity index is 0.989. The topological polar surface area (TPSA) is 51.8 Å². The number of hydrogen-bond donors (Lipinski definition) is 0. The number of aromatic nitrogens is 3. The Kier molecular flexibility index (Phi) is 7.78. The molecule has 0 spiro atoms. The smallest absolute Gasteiger partial charge is 0.164 e. The minimum atomic E-state index is 0.621. The van der Waals surface area contributed by atoms with Gasteiger partial charge in [-0.1, -0.05) is 182 Å². The summed E-state index contributed by atoms with van der Waals surface area (Å²) in [6.07, 6.45) is 0. The summed E-state index contributed by atoms with van der Waals surface area (Å²) < 4.78 is 6.41. The molecule has 2 aromatic heterocycles. The van der Waals surface area contributed by atoms with Gasteiger partial charge in [0.15, 0.2) is 17.5 Å². The maximum absolute atomic E-state index is 6.41. The van der Waals surface area contributed by atoms with E-state index in [0.717, 1.165) is 60.9 Å². The molecular weight excluding hydrogens is 695 g/mol. The monoisotopic (exact) mass is 727 g/mol. The molecule has 4 nitrogen and oxygen atoms in total. The van der Waals surface area contributed by atoms with Crippen LogP contribution in [0.2, 0.25) is 0 Å². The molecule has 0 amide bonds. The number of hydrogen-bond acceptors (Lipinski definition) is 4. The summed E-state index contributed by atoms with van der Waals surface area (Å²) >= 11 is 0. The fourth-order valence-corrected chi connectivity index (χ4v) is 8.00. The summed E-state index contributed by atoms with van der Waals surface area (Å²) in [6, 6.07) is 69.9. The highest BCUT2D eigenvalue weighted by molar-refractivity contribution is 6.26. The molecular formula is C53H33N3O. The van der Waals surface area contributed by atoms with Crippen molar-refractivity contribution in [3.8, 4) is 67.5 Å². The largest absolute Gasteiger partial charge is 0.456 e. The van der Waals surface area contributed by atoms with Gasteiger partial charge in [-0.3, -0.25) is 0 Å². The molecule has 0 atom stereocenters. The van der Waals surface area contributed by atoms with Crippen molar-refractivity contribution in [2.75, 3.05) is 0 Å². The SMILES string of the molecule is c1ccc(-c2ccc(-c3nc(-c4ccc(-c5ccccc5)cc4)nc(-c4ccc(-c5ccc6oc7ccc8ccc9ccccc9c8c7c6c5)cc4)n3)cc2)cc1. The lowest BCUT2D eigenvalue weighted by Gasteiger charge is -2.10. The number of fused-ring (bicyclic) bond motifs is 7. The van der Waals surface area contributed by atoms with Crippen LogP contribution in [0.3, 0.4) is 0 Å². The number of furan rings is 1. The minimum absolute atomic E-state index is 0.621. The zero-order valence-corrected chi connectivity index (χ0v) is 30.8. The highest BCUT2D eigenvalue weighted by Crippen LogP contribution is 2.40. The molecule has 0 radical (unpaired) electrons. The van der Waals surface area contributed by atoms with E-state index in [-0.39, 0.29) is 0 Å². The summed E-state index contributed by atoms with van der Waals surface area (Å²) in [5.74, 6) is 1.88. The third-order valence-electron chi connectivity index (χ3n) is 11.0. The van der Waals surface area contributed by atoms with Gasteiger partial charge in [-0.2, -0.15) is 0 Å². The fourth-order valence-electron chi connectivity index (χ4n) is 8.00. The Morgan fingerprint density at radius 3 is 1.23 bits per heavy atom. The van der Waals surface area contributed by atoms with Crippen molar-refractivity contribution in [1.29, 1.82) is 0 Å². The molecule has 0 saturated carbocycles. The number of nitrogens with zero attached hydrogens (tertiary/aromatic N) is 3. The van der Waals surface area contributed by atoms with Crippen molar-refractivity contribution >= 4 is 43.5 Å². The van der Waals surface area contributed by atoms with E-state index in [9.17, 15) is 0 Å². The van der Waals surface area contributed by atoms with Crippen LogP contribution in [0.4, 0.5) is 0 Å². The molecule has 11 rings (SSSR count). The summed E-state index contributed by atoms with van der Waals surface area (Å²) in [5.41, 5.74) is 11.4. The van der Waals surface area contributed by atoms with E-state index in [0.29, 0.717) is 17.5 Å². The third kappa shape index (κ3) is 5.92. The molecule has 0 unspecified atom stereocenters. The Morgan fingerprint density at radius 2 is 0.667 bits per heavy atom. The van der Waals surface area contributed by atoms with Crippen LogP contribution in [0.25, 0.3) is 111 Å². The Bertz CT molecular complexity index is 3140. The summed E-state index contributed by atoms with van der Waals surface area (Å²) in [5, 5.41) is 7.13. The van der Waals surface area contributed by atoms with Crippen molar-refractivity contribution < 1.29 is 4.42 Å². The average Bonchev–Trinajstić information content (AvgIpc) is 3.68. The average molecular weight is 728 g/mol. The van der Waals surface area contributed by atoms with Crippen LogP contribution in [0, 0.1) is 0 Å². The van der Waals surface area contributed by atoms with Crippen molar-refractivity contribution in [2.45, 2.75) is 0 Å². The molecule has 2 heterocycles. The van der Waals surface area contributed by atoms with Gasteiger partial charge < -0.3 is 4.42 Å². The highest BCUT2D eigenvalue weighted by Gasteiger charge is 2.16. The molecule has 11 aromatic rings. The molecule has 0 saturated heterocycles. The second-order valence-corrected chi connectivity index (χ2v) is 14.4. The van der Waals surface area contributed by atoms with Gasteiger partial charge in [0.1, 0.15) is 11.2 Å². The minimum Gasteiger partial charge on any atom is -0.456 e. The lowest BCUT2D eigenvalue weighted by molar-refractivity contribution is 0.669. The molecule has 266 valence electrons. The van der Waals surface area contributed by atoms with Gasteiger partial charge in [-0.25, -0.2) is 15.0 Å². The maximum Gasteiger partial charge on any atom is 0.164 e. The van der Waals surface area contributed by atoms with Crippen LogP contribution in [-0.2, 0) is 0 Å². The Morgan fingerprint density at radius 1 is 0.263 bits per heavy atom. The molecule has 0 N–H and O–H groups in total. The van der Waals surface area contributed by atoms with Crippen LogP contribution in [0.15, 0.2) is 205 Å². The standard InChI is InChI=1S/C53H33N3O/c1-3-9-34(10-4-1)36-15-23-41(24-16-36)51-54-52(42-25-17-37(18-26-42)35-11-5-2-6-12-35)56-53(55-51)43-27-19-38(20-28-43)44-30-31-47-46(33-44)50-48(57-47)32-29-40-22-21-39-13-7-8-14-45(39)49(40)50/h1-33H. The van der Waals surface area contributed by atoms with Crippen LogP contribution in [0.5, 0.6) is 0 Å². The van der Waals surface area contributed by atoms with Crippen molar-refractivity contribution in [1.82, 2.24) is 15.0 Å². The first kappa shape index (κ1) is 32.7. The predicted octanol–water partition coefficient (Wildman–Crippen LogP) is 14.1. The van der Waals surface area contributed by atoms with Gasteiger partial charge in [-0.05, 0) is 67.7 Å². The van der Waals surface area contributed by atoms with Crippen molar-refractivity contribution in [3.05, 3.63) is 200 Å². The van der Waals surface area contributed by atoms with Crippen molar-refractivity contribution in [3.63, 3.8) is 0 Å². The molecule has 57 heavy (non-hydrogen) atoms. The second kappa shape index (κ2) is 13.6. The van der Waals surface area contributed by atoms with Gasteiger partial charge in [0.25, 0.3) is 0 Å². The van der Waals surface area contributed by atoms with Crippen molar-refractivity contribution in [2.24, 2.45) is 0 Å². The number of rotatable bonds is 6. The fraction of sp³-hybridized carbons (Fsp3) is 0.